The summed E-state index contributed by atoms with van der Waals surface area (Å²) in [6, 6.07) is 0. The Kier molecular flexibility index (Phi) is 2.52. The molecular weight excluding hydrogens is 180 g/mol. The summed E-state index contributed by atoms with van der Waals surface area (Å²) in [5, 5.41) is 8.92. The Morgan fingerprint density at radius 1 is 1.21 bits per heavy atom. The monoisotopic (exact) mass is 196 g/mol. The SMILES string of the molecule is CC1(C#CC2(OO)CCCCC2)CO1. The van der Waals surface area contributed by atoms with E-state index in [1.807, 2.05) is 6.92 Å². The number of rotatable bonds is 1. The first-order valence-corrected chi connectivity index (χ1v) is 5.19. The summed E-state index contributed by atoms with van der Waals surface area (Å²) in [5.41, 5.74) is -0.893. The van der Waals surface area contributed by atoms with E-state index in [-0.39, 0.29) is 5.60 Å². The van der Waals surface area contributed by atoms with Gasteiger partial charge in [0.1, 0.15) is 5.60 Å². The summed E-state index contributed by atoms with van der Waals surface area (Å²) in [6.45, 7) is 2.65. The van der Waals surface area contributed by atoms with Crippen molar-refractivity contribution in [1.29, 1.82) is 0 Å². The molecule has 1 N–H and O–H groups in total. The molecule has 1 aliphatic heterocycles. The molecule has 3 nitrogen and oxygen atoms in total. The molecule has 2 rings (SSSR count). The van der Waals surface area contributed by atoms with E-state index < -0.39 is 5.60 Å². The standard InChI is InChI=1S/C11H16O3/c1-10(9-13-10)7-8-11(14-12)5-3-2-4-6-11/h12H,2-6,9H2,1H3. The highest BCUT2D eigenvalue weighted by Gasteiger charge is 2.39. The van der Waals surface area contributed by atoms with Crippen molar-refractivity contribution in [3.05, 3.63) is 0 Å². The van der Waals surface area contributed by atoms with Crippen molar-refractivity contribution in [3.63, 3.8) is 0 Å². The fourth-order valence-corrected chi connectivity index (χ4v) is 1.79. The van der Waals surface area contributed by atoms with Crippen LogP contribution in [0.4, 0.5) is 0 Å². The first-order chi connectivity index (χ1) is 6.68. The van der Waals surface area contributed by atoms with Crippen LogP contribution in [0.5, 0.6) is 0 Å². The first kappa shape index (κ1) is 9.97. The number of ether oxygens (including phenoxy) is 1. The Hall–Kier alpha value is -0.560. The van der Waals surface area contributed by atoms with Gasteiger partial charge in [-0.15, -0.1) is 0 Å². The van der Waals surface area contributed by atoms with Gasteiger partial charge >= 0.3 is 0 Å². The number of epoxide rings is 1. The highest BCUT2D eigenvalue weighted by Crippen LogP contribution is 2.32. The zero-order chi connectivity index (χ0) is 10.1. The Morgan fingerprint density at radius 2 is 1.86 bits per heavy atom. The second-order valence-electron chi connectivity index (χ2n) is 4.42. The zero-order valence-electron chi connectivity index (χ0n) is 8.51. The molecule has 0 amide bonds. The predicted molar refractivity (Wildman–Crippen MR) is 51.7 cm³/mol. The third-order valence-corrected chi connectivity index (χ3v) is 2.97. The summed E-state index contributed by atoms with van der Waals surface area (Å²) in [6.07, 6.45) is 5.01. The maximum atomic E-state index is 8.92. The predicted octanol–water partition coefficient (Wildman–Crippen LogP) is 1.97. The van der Waals surface area contributed by atoms with Crippen LogP contribution >= 0.6 is 0 Å². The van der Waals surface area contributed by atoms with E-state index in [1.165, 1.54) is 6.42 Å². The maximum Gasteiger partial charge on any atom is 0.163 e. The van der Waals surface area contributed by atoms with Gasteiger partial charge in [-0.1, -0.05) is 18.3 Å². The van der Waals surface area contributed by atoms with Crippen molar-refractivity contribution < 1.29 is 14.9 Å². The quantitative estimate of drug-likeness (QED) is 0.302. The maximum absolute atomic E-state index is 8.92. The van der Waals surface area contributed by atoms with Gasteiger partial charge in [0, 0.05) is 0 Å². The minimum atomic E-state index is -0.618. The largest absolute Gasteiger partial charge is 0.356 e. The molecule has 1 unspecified atom stereocenters. The fraction of sp³-hybridized carbons (Fsp3) is 0.818. The topological polar surface area (TPSA) is 42.0 Å². The van der Waals surface area contributed by atoms with Gasteiger partial charge in [-0.3, -0.25) is 5.26 Å². The van der Waals surface area contributed by atoms with Crippen molar-refractivity contribution in [2.45, 2.75) is 50.2 Å². The molecule has 1 atom stereocenters. The van der Waals surface area contributed by atoms with Crippen LogP contribution in [0.1, 0.15) is 39.0 Å². The van der Waals surface area contributed by atoms with Crippen LogP contribution in [0.25, 0.3) is 0 Å². The molecule has 78 valence electrons. The van der Waals surface area contributed by atoms with E-state index in [1.54, 1.807) is 0 Å². The van der Waals surface area contributed by atoms with Crippen LogP contribution in [0, 0.1) is 11.8 Å². The van der Waals surface area contributed by atoms with Gasteiger partial charge < -0.3 is 4.74 Å². The van der Waals surface area contributed by atoms with Crippen molar-refractivity contribution in [2.24, 2.45) is 0 Å². The van der Waals surface area contributed by atoms with Gasteiger partial charge in [-0.2, -0.15) is 0 Å². The van der Waals surface area contributed by atoms with Crippen LogP contribution in [-0.4, -0.2) is 23.1 Å². The molecule has 1 saturated carbocycles. The molecule has 1 aliphatic carbocycles. The van der Waals surface area contributed by atoms with Crippen molar-refractivity contribution in [2.75, 3.05) is 6.61 Å². The van der Waals surface area contributed by atoms with Crippen molar-refractivity contribution in [1.82, 2.24) is 0 Å². The average Bonchev–Trinajstić information content (AvgIpc) is 2.96. The molecule has 3 heteroatoms. The molecule has 0 aromatic heterocycles. The molecule has 0 spiro atoms. The average molecular weight is 196 g/mol. The smallest absolute Gasteiger partial charge is 0.163 e. The zero-order valence-corrected chi connectivity index (χ0v) is 8.51. The van der Waals surface area contributed by atoms with Gasteiger partial charge in [-0.25, -0.2) is 4.89 Å². The Balaban J connectivity index is 2.06. The molecule has 1 saturated heterocycles. The lowest BCUT2D eigenvalue weighted by Crippen LogP contribution is -2.32. The lowest BCUT2D eigenvalue weighted by atomic mass is 9.85. The molecule has 2 fully saturated rings. The lowest BCUT2D eigenvalue weighted by molar-refractivity contribution is -0.310. The van der Waals surface area contributed by atoms with E-state index in [0.717, 1.165) is 25.7 Å². The normalized spacial score (nSPS) is 34.4. The third-order valence-electron chi connectivity index (χ3n) is 2.97. The van der Waals surface area contributed by atoms with Crippen molar-refractivity contribution in [3.8, 4) is 11.8 Å². The van der Waals surface area contributed by atoms with E-state index >= 15 is 0 Å². The van der Waals surface area contributed by atoms with Gasteiger partial charge in [0.2, 0.25) is 0 Å². The molecule has 0 bridgehead atoms. The highest BCUT2D eigenvalue weighted by atomic mass is 17.1. The molecular formula is C11H16O3. The van der Waals surface area contributed by atoms with Crippen LogP contribution in [0.2, 0.25) is 0 Å². The molecule has 0 aromatic rings. The van der Waals surface area contributed by atoms with Crippen LogP contribution in [0.3, 0.4) is 0 Å². The fourth-order valence-electron chi connectivity index (χ4n) is 1.79. The molecule has 1 heterocycles. The lowest BCUT2D eigenvalue weighted by Gasteiger charge is -2.28. The van der Waals surface area contributed by atoms with E-state index in [9.17, 15) is 0 Å². The van der Waals surface area contributed by atoms with E-state index in [2.05, 4.69) is 16.7 Å². The first-order valence-electron chi connectivity index (χ1n) is 5.19. The Morgan fingerprint density at radius 3 is 2.36 bits per heavy atom. The van der Waals surface area contributed by atoms with E-state index in [0.29, 0.717) is 6.61 Å². The number of hydrogen-bond donors (Lipinski definition) is 1. The molecule has 0 radical (unpaired) electrons. The highest BCUT2D eigenvalue weighted by molar-refractivity contribution is 5.25. The third kappa shape index (κ3) is 2.09. The minimum Gasteiger partial charge on any atom is -0.356 e. The Bertz CT molecular complexity index is 264. The molecule has 14 heavy (non-hydrogen) atoms. The number of hydrogen-bond acceptors (Lipinski definition) is 3. The van der Waals surface area contributed by atoms with Gasteiger partial charge in [0.15, 0.2) is 5.60 Å². The molecule has 2 aliphatic rings. The summed E-state index contributed by atoms with van der Waals surface area (Å²) >= 11 is 0. The Labute approximate surface area is 84.3 Å². The molecule has 0 aromatic carbocycles. The van der Waals surface area contributed by atoms with Crippen molar-refractivity contribution >= 4 is 0 Å². The summed E-state index contributed by atoms with van der Waals surface area (Å²) in [4.78, 5) is 4.57. The van der Waals surface area contributed by atoms with Gasteiger partial charge in [-0.05, 0) is 32.6 Å². The summed E-state index contributed by atoms with van der Waals surface area (Å²) in [7, 11) is 0. The summed E-state index contributed by atoms with van der Waals surface area (Å²) in [5.74, 6) is 6.08. The van der Waals surface area contributed by atoms with Crippen LogP contribution in [-0.2, 0) is 9.62 Å². The van der Waals surface area contributed by atoms with E-state index in [4.69, 9.17) is 9.99 Å². The summed E-state index contributed by atoms with van der Waals surface area (Å²) < 4.78 is 5.17. The van der Waals surface area contributed by atoms with Gasteiger partial charge in [0.25, 0.3) is 0 Å². The second kappa shape index (κ2) is 3.54. The minimum absolute atomic E-state index is 0.275. The van der Waals surface area contributed by atoms with Crippen LogP contribution < -0.4 is 0 Å². The van der Waals surface area contributed by atoms with Crippen LogP contribution in [0.15, 0.2) is 0 Å². The second-order valence-corrected chi connectivity index (χ2v) is 4.42. The van der Waals surface area contributed by atoms with Gasteiger partial charge in [0.05, 0.1) is 6.61 Å².